The van der Waals surface area contributed by atoms with E-state index in [1.807, 2.05) is 24.3 Å². The first-order valence-corrected chi connectivity index (χ1v) is 9.78. The monoisotopic (exact) mass is 335 g/mol. The third-order valence-corrected chi connectivity index (χ3v) is 6.32. The van der Waals surface area contributed by atoms with Crippen LogP contribution in [0.1, 0.15) is 36.2 Å². The highest BCUT2D eigenvalue weighted by Gasteiger charge is 2.37. The van der Waals surface area contributed by atoms with Gasteiger partial charge in [0.15, 0.2) is 15.6 Å². The summed E-state index contributed by atoms with van der Waals surface area (Å²) >= 11 is 0. The summed E-state index contributed by atoms with van der Waals surface area (Å²) in [5.41, 5.74) is 0.660. The van der Waals surface area contributed by atoms with Crippen molar-refractivity contribution in [3.05, 3.63) is 36.1 Å². The molecule has 0 saturated heterocycles. The minimum Gasteiger partial charge on any atom is -0.451 e. The molecule has 0 aliphatic heterocycles. The lowest BCUT2D eigenvalue weighted by Gasteiger charge is -2.36. The molecule has 1 saturated carbocycles. The first-order chi connectivity index (χ1) is 10.9. The Kier molecular flexibility index (Phi) is 4.19. The average Bonchev–Trinajstić information content (AvgIpc) is 2.96. The van der Waals surface area contributed by atoms with Gasteiger partial charge in [0, 0.05) is 24.7 Å². The Morgan fingerprint density at radius 1 is 1.22 bits per heavy atom. The number of furan rings is 1. The normalized spacial score (nSPS) is 22.2. The van der Waals surface area contributed by atoms with Crippen LogP contribution < -0.4 is 0 Å². The van der Waals surface area contributed by atoms with Gasteiger partial charge in [-0.3, -0.25) is 4.79 Å². The molecule has 3 rings (SSSR count). The number of sulfone groups is 1. The van der Waals surface area contributed by atoms with Crippen LogP contribution in [0.4, 0.5) is 0 Å². The van der Waals surface area contributed by atoms with E-state index < -0.39 is 15.1 Å². The van der Waals surface area contributed by atoms with E-state index in [0.717, 1.165) is 18.2 Å². The molecule has 2 atom stereocenters. The molecule has 0 radical (unpaired) electrons. The van der Waals surface area contributed by atoms with Gasteiger partial charge < -0.3 is 9.32 Å². The number of carbonyl (C=O) groups is 1. The molecule has 6 heteroatoms. The molecule has 124 valence electrons. The number of benzene rings is 1. The molecule has 1 amide bonds. The van der Waals surface area contributed by atoms with Gasteiger partial charge in [-0.15, -0.1) is 0 Å². The molecule has 0 unspecified atom stereocenters. The second-order valence-corrected chi connectivity index (χ2v) is 8.55. The second kappa shape index (κ2) is 6.00. The quantitative estimate of drug-likeness (QED) is 0.865. The van der Waals surface area contributed by atoms with Crippen molar-refractivity contribution in [3.63, 3.8) is 0 Å². The fourth-order valence-electron chi connectivity index (χ4n) is 3.43. The van der Waals surface area contributed by atoms with Gasteiger partial charge in [-0.05, 0) is 25.0 Å². The van der Waals surface area contributed by atoms with E-state index in [1.165, 1.54) is 6.26 Å². The van der Waals surface area contributed by atoms with Gasteiger partial charge in [-0.2, -0.15) is 0 Å². The maximum Gasteiger partial charge on any atom is 0.289 e. The van der Waals surface area contributed by atoms with Crippen molar-refractivity contribution < 1.29 is 17.6 Å². The maximum absolute atomic E-state index is 12.7. The lowest BCUT2D eigenvalue weighted by Crippen LogP contribution is -2.49. The van der Waals surface area contributed by atoms with Crippen LogP contribution in [0.25, 0.3) is 11.0 Å². The zero-order chi connectivity index (χ0) is 16.6. The lowest BCUT2D eigenvalue weighted by atomic mass is 9.93. The van der Waals surface area contributed by atoms with Crippen molar-refractivity contribution in [2.24, 2.45) is 0 Å². The first kappa shape index (κ1) is 16.1. The Morgan fingerprint density at radius 3 is 2.61 bits per heavy atom. The number of nitrogens with zero attached hydrogens (tertiary/aromatic N) is 1. The summed E-state index contributed by atoms with van der Waals surface area (Å²) in [4.78, 5) is 14.3. The Hall–Kier alpha value is -1.82. The van der Waals surface area contributed by atoms with Crippen LogP contribution in [0.15, 0.2) is 34.7 Å². The van der Waals surface area contributed by atoms with E-state index in [2.05, 4.69) is 0 Å². The minimum atomic E-state index is -3.18. The summed E-state index contributed by atoms with van der Waals surface area (Å²) in [6.07, 6.45) is 4.41. The van der Waals surface area contributed by atoms with Gasteiger partial charge in [0.2, 0.25) is 0 Å². The van der Waals surface area contributed by atoms with Crippen molar-refractivity contribution in [2.45, 2.75) is 37.0 Å². The van der Waals surface area contributed by atoms with Gasteiger partial charge in [-0.1, -0.05) is 31.0 Å². The molecule has 0 N–H and O–H groups in total. The number of hydrogen-bond acceptors (Lipinski definition) is 4. The highest BCUT2D eigenvalue weighted by Crippen LogP contribution is 2.29. The maximum atomic E-state index is 12.7. The number of para-hydroxylation sites is 1. The Balaban J connectivity index is 1.88. The smallest absolute Gasteiger partial charge is 0.289 e. The fourth-order valence-corrected chi connectivity index (χ4v) is 4.92. The zero-order valence-electron chi connectivity index (χ0n) is 13.4. The van der Waals surface area contributed by atoms with Gasteiger partial charge in [0.05, 0.1) is 5.25 Å². The molecule has 1 aromatic heterocycles. The summed E-state index contributed by atoms with van der Waals surface area (Å²) in [6, 6.07) is 8.86. The summed E-state index contributed by atoms with van der Waals surface area (Å²) < 4.78 is 29.7. The molecule has 1 fully saturated rings. The van der Waals surface area contributed by atoms with E-state index in [1.54, 1.807) is 18.0 Å². The number of carbonyl (C=O) groups excluding carboxylic acids is 1. The van der Waals surface area contributed by atoms with Gasteiger partial charge in [-0.25, -0.2) is 8.42 Å². The molecular weight excluding hydrogens is 314 g/mol. The minimum absolute atomic E-state index is 0.256. The number of rotatable bonds is 3. The molecule has 0 bridgehead atoms. The van der Waals surface area contributed by atoms with E-state index in [9.17, 15) is 13.2 Å². The van der Waals surface area contributed by atoms with Gasteiger partial charge in [0.1, 0.15) is 5.58 Å². The number of amides is 1. The van der Waals surface area contributed by atoms with E-state index >= 15 is 0 Å². The predicted octanol–water partition coefficient (Wildman–Crippen LogP) is 2.86. The molecule has 23 heavy (non-hydrogen) atoms. The Labute approximate surface area is 136 Å². The highest BCUT2D eigenvalue weighted by atomic mass is 32.2. The van der Waals surface area contributed by atoms with Gasteiger partial charge >= 0.3 is 0 Å². The number of hydrogen-bond donors (Lipinski definition) is 0. The van der Waals surface area contributed by atoms with Crippen molar-refractivity contribution in [1.29, 1.82) is 0 Å². The molecule has 1 aromatic carbocycles. The van der Waals surface area contributed by atoms with Crippen LogP contribution >= 0.6 is 0 Å². The van der Waals surface area contributed by atoms with E-state index in [0.29, 0.717) is 18.4 Å². The fraction of sp³-hybridized carbons (Fsp3) is 0.471. The molecule has 1 aliphatic carbocycles. The molecule has 1 aliphatic rings. The third kappa shape index (κ3) is 3.13. The van der Waals surface area contributed by atoms with E-state index in [-0.39, 0.29) is 17.7 Å². The van der Waals surface area contributed by atoms with Crippen molar-refractivity contribution >= 4 is 26.7 Å². The van der Waals surface area contributed by atoms with Crippen LogP contribution in [0, 0.1) is 0 Å². The standard InChI is InChI=1S/C17H21NO4S/c1-18(13-8-4-6-10-16(13)23(2,20)21)17(19)15-11-12-7-3-5-9-14(12)22-15/h3,5,7,9,11,13,16H,4,6,8,10H2,1-2H3/t13-,16+/m0/s1. The summed E-state index contributed by atoms with van der Waals surface area (Å²) in [5.74, 6) is -0.00623. The van der Waals surface area contributed by atoms with Crippen LogP contribution in [0.5, 0.6) is 0 Å². The zero-order valence-corrected chi connectivity index (χ0v) is 14.2. The van der Waals surface area contributed by atoms with Crippen molar-refractivity contribution in [2.75, 3.05) is 13.3 Å². The largest absolute Gasteiger partial charge is 0.451 e. The Bertz CT molecular complexity index is 791. The lowest BCUT2D eigenvalue weighted by molar-refractivity contribution is 0.0670. The predicted molar refractivity (Wildman–Crippen MR) is 89.2 cm³/mol. The molecular formula is C17H21NO4S. The molecule has 5 nitrogen and oxygen atoms in total. The van der Waals surface area contributed by atoms with Crippen LogP contribution in [-0.4, -0.2) is 43.8 Å². The Morgan fingerprint density at radius 2 is 1.91 bits per heavy atom. The summed E-state index contributed by atoms with van der Waals surface area (Å²) in [7, 11) is -1.51. The second-order valence-electron chi connectivity index (χ2n) is 6.28. The van der Waals surface area contributed by atoms with Crippen LogP contribution in [-0.2, 0) is 9.84 Å². The van der Waals surface area contributed by atoms with Crippen LogP contribution in [0.2, 0.25) is 0 Å². The first-order valence-electron chi connectivity index (χ1n) is 7.82. The molecule has 0 spiro atoms. The van der Waals surface area contributed by atoms with E-state index in [4.69, 9.17) is 4.42 Å². The van der Waals surface area contributed by atoms with Crippen molar-refractivity contribution in [1.82, 2.24) is 4.90 Å². The third-order valence-electron chi connectivity index (χ3n) is 4.67. The topological polar surface area (TPSA) is 67.6 Å². The average molecular weight is 335 g/mol. The summed E-state index contributed by atoms with van der Waals surface area (Å²) in [6.45, 7) is 0. The number of fused-ring (bicyclic) bond motifs is 1. The van der Waals surface area contributed by atoms with Gasteiger partial charge in [0.25, 0.3) is 5.91 Å². The highest BCUT2D eigenvalue weighted by molar-refractivity contribution is 7.91. The molecule has 2 aromatic rings. The van der Waals surface area contributed by atoms with Crippen molar-refractivity contribution in [3.8, 4) is 0 Å². The SMILES string of the molecule is CN(C(=O)c1cc2ccccc2o1)[C@H]1CCCC[C@H]1S(C)(=O)=O. The summed E-state index contributed by atoms with van der Waals surface area (Å²) in [5, 5.41) is 0.377. The molecule has 1 heterocycles. The van der Waals surface area contributed by atoms with Crippen LogP contribution in [0.3, 0.4) is 0 Å².